The molecule has 1 amide bonds. The number of ether oxygens (including phenoxy) is 1. The van der Waals surface area contributed by atoms with E-state index in [4.69, 9.17) is 21.6 Å². The molecule has 2 rings (SSSR count). The van der Waals surface area contributed by atoms with Crippen molar-refractivity contribution in [1.82, 2.24) is 5.43 Å². The molecule has 0 unspecified atom stereocenters. The SMILES string of the molecule is COc1cc(/C=N\NC(=O)c2ccc(C#N)cc2F)cc(Cl)c1O. The van der Waals surface area contributed by atoms with Crippen LogP contribution in [0.4, 0.5) is 4.39 Å². The molecule has 0 aliphatic heterocycles. The second kappa shape index (κ2) is 7.44. The van der Waals surface area contributed by atoms with E-state index in [0.717, 1.165) is 6.07 Å². The minimum Gasteiger partial charge on any atom is -0.503 e. The van der Waals surface area contributed by atoms with Gasteiger partial charge >= 0.3 is 0 Å². The van der Waals surface area contributed by atoms with Gasteiger partial charge in [0.15, 0.2) is 11.5 Å². The van der Waals surface area contributed by atoms with Crippen LogP contribution in [0.25, 0.3) is 0 Å². The fraction of sp³-hybridized carbons (Fsp3) is 0.0625. The largest absolute Gasteiger partial charge is 0.503 e. The Labute approximate surface area is 141 Å². The molecule has 0 atom stereocenters. The van der Waals surface area contributed by atoms with Gasteiger partial charge in [0.1, 0.15) is 5.82 Å². The van der Waals surface area contributed by atoms with Crippen LogP contribution >= 0.6 is 11.6 Å². The van der Waals surface area contributed by atoms with Crippen molar-refractivity contribution in [2.75, 3.05) is 7.11 Å². The average Bonchev–Trinajstić information content (AvgIpc) is 2.57. The summed E-state index contributed by atoms with van der Waals surface area (Å²) in [5, 5.41) is 22.0. The number of hydrogen-bond acceptors (Lipinski definition) is 5. The van der Waals surface area contributed by atoms with Crippen LogP contribution in [-0.2, 0) is 0 Å². The van der Waals surface area contributed by atoms with Gasteiger partial charge in [-0.1, -0.05) is 11.6 Å². The Morgan fingerprint density at radius 2 is 2.21 bits per heavy atom. The van der Waals surface area contributed by atoms with Gasteiger partial charge in [-0.3, -0.25) is 4.79 Å². The maximum atomic E-state index is 13.7. The molecule has 0 aliphatic rings. The van der Waals surface area contributed by atoms with Crippen molar-refractivity contribution in [3.05, 3.63) is 57.9 Å². The highest BCUT2D eigenvalue weighted by Gasteiger charge is 2.12. The predicted octanol–water partition coefficient (Wildman–Crippen LogP) is 2.83. The molecule has 2 N–H and O–H groups in total. The Morgan fingerprint density at radius 3 is 2.83 bits per heavy atom. The Morgan fingerprint density at radius 1 is 1.46 bits per heavy atom. The second-order valence-electron chi connectivity index (χ2n) is 4.56. The third-order valence-corrected chi connectivity index (χ3v) is 3.28. The highest BCUT2D eigenvalue weighted by atomic mass is 35.5. The number of methoxy groups -OCH3 is 1. The van der Waals surface area contributed by atoms with Crippen molar-refractivity contribution in [3.8, 4) is 17.6 Å². The molecule has 8 heteroatoms. The summed E-state index contributed by atoms with van der Waals surface area (Å²) in [6, 6.07) is 8.13. The summed E-state index contributed by atoms with van der Waals surface area (Å²) in [6.07, 6.45) is 1.26. The van der Waals surface area contributed by atoms with Gasteiger partial charge in [-0.15, -0.1) is 0 Å². The molecule has 0 aliphatic carbocycles. The fourth-order valence-electron chi connectivity index (χ4n) is 1.82. The normalized spacial score (nSPS) is 10.4. The van der Waals surface area contributed by atoms with Gasteiger partial charge in [0.25, 0.3) is 5.91 Å². The molecule has 2 aromatic rings. The van der Waals surface area contributed by atoms with Gasteiger partial charge in [-0.25, -0.2) is 9.82 Å². The van der Waals surface area contributed by atoms with E-state index in [1.165, 1.54) is 37.6 Å². The van der Waals surface area contributed by atoms with E-state index in [0.29, 0.717) is 5.56 Å². The van der Waals surface area contributed by atoms with Crippen LogP contribution in [0.2, 0.25) is 5.02 Å². The fourth-order valence-corrected chi connectivity index (χ4v) is 2.04. The van der Waals surface area contributed by atoms with Crippen LogP contribution in [0.1, 0.15) is 21.5 Å². The number of benzene rings is 2. The first-order chi connectivity index (χ1) is 11.5. The average molecular weight is 348 g/mol. The molecule has 24 heavy (non-hydrogen) atoms. The summed E-state index contributed by atoms with van der Waals surface area (Å²) >= 11 is 5.83. The molecule has 0 aromatic heterocycles. The Bertz CT molecular complexity index is 862. The van der Waals surface area contributed by atoms with Gasteiger partial charge < -0.3 is 9.84 Å². The molecule has 2 aromatic carbocycles. The molecule has 6 nitrogen and oxygen atoms in total. The molecule has 0 bridgehead atoms. The summed E-state index contributed by atoms with van der Waals surface area (Å²) in [5.74, 6) is -1.66. The summed E-state index contributed by atoms with van der Waals surface area (Å²) in [7, 11) is 1.36. The van der Waals surface area contributed by atoms with Crippen molar-refractivity contribution in [2.24, 2.45) is 5.10 Å². The number of nitrogens with zero attached hydrogens (tertiary/aromatic N) is 2. The van der Waals surface area contributed by atoms with Crippen LogP contribution in [-0.4, -0.2) is 24.3 Å². The van der Waals surface area contributed by atoms with E-state index in [2.05, 4.69) is 10.5 Å². The zero-order valence-electron chi connectivity index (χ0n) is 12.4. The van der Waals surface area contributed by atoms with Crippen LogP contribution in [0.3, 0.4) is 0 Å². The number of hydrogen-bond donors (Lipinski definition) is 2. The lowest BCUT2D eigenvalue weighted by Gasteiger charge is -2.06. The smallest absolute Gasteiger partial charge is 0.274 e. The van der Waals surface area contributed by atoms with E-state index in [9.17, 15) is 14.3 Å². The lowest BCUT2D eigenvalue weighted by atomic mass is 10.1. The summed E-state index contributed by atoms with van der Waals surface area (Å²) in [6.45, 7) is 0. The van der Waals surface area contributed by atoms with E-state index >= 15 is 0 Å². The number of nitriles is 1. The monoisotopic (exact) mass is 347 g/mol. The number of amides is 1. The zero-order valence-corrected chi connectivity index (χ0v) is 13.1. The zero-order chi connectivity index (χ0) is 17.7. The van der Waals surface area contributed by atoms with Gasteiger partial charge in [0.2, 0.25) is 0 Å². The van der Waals surface area contributed by atoms with E-state index < -0.39 is 11.7 Å². The van der Waals surface area contributed by atoms with Gasteiger partial charge in [0, 0.05) is 0 Å². The van der Waals surface area contributed by atoms with Crippen LogP contribution in [0.15, 0.2) is 35.4 Å². The van der Waals surface area contributed by atoms with Crippen LogP contribution in [0, 0.1) is 17.1 Å². The van der Waals surface area contributed by atoms with Crippen molar-refractivity contribution in [3.63, 3.8) is 0 Å². The molecular formula is C16H11ClFN3O3. The van der Waals surface area contributed by atoms with E-state index in [-0.39, 0.29) is 27.6 Å². The van der Waals surface area contributed by atoms with Gasteiger partial charge in [0.05, 0.1) is 35.5 Å². The second-order valence-corrected chi connectivity index (χ2v) is 4.97. The highest BCUT2D eigenvalue weighted by Crippen LogP contribution is 2.34. The molecule has 0 saturated carbocycles. The van der Waals surface area contributed by atoms with Crippen molar-refractivity contribution < 1.29 is 19.0 Å². The molecule has 0 spiro atoms. The molecule has 0 fully saturated rings. The van der Waals surface area contributed by atoms with Crippen molar-refractivity contribution >= 4 is 23.7 Å². The number of carbonyl (C=O) groups excluding carboxylic acids is 1. The lowest BCUT2D eigenvalue weighted by Crippen LogP contribution is -2.19. The lowest BCUT2D eigenvalue weighted by molar-refractivity contribution is 0.0951. The molecule has 122 valence electrons. The molecule has 0 radical (unpaired) electrons. The number of halogens is 2. The van der Waals surface area contributed by atoms with Crippen LogP contribution < -0.4 is 10.2 Å². The maximum absolute atomic E-state index is 13.7. The standard InChI is InChI=1S/C16H11ClFN3O3/c1-24-14-6-10(4-12(17)15(14)22)8-20-21-16(23)11-3-2-9(7-19)5-13(11)18/h2-6,8,22H,1H3,(H,21,23)/b20-8-. The summed E-state index contributed by atoms with van der Waals surface area (Å²) < 4.78 is 18.6. The van der Waals surface area contributed by atoms with Crippen molar-refractivity contribution in [1.29, 1.82) is 5.26 Å². The topological polar surface area (TPSA) is 94.7 Å². The Balaban J connectivity index is 2.13. The molecular weight excluding hydrogens is 337 g/mol. The molecule has 0 saturated heterocycles. The highest BCUT2D eigenvalue weighted by molar-refractivity contribution is 6.32. The Hall–Kier alpha value is -3.11. The number of nitrogens with one attached hydrogen (secondary N) is 1. The third kappa shape index (κ3) is 3.80. The number of aromatic hydroxyl groups is 1. The van der Waals surface area contributed by atoms with Crippen molar-refractivity contribution in [2.45, 2.75) is 0 Å². The number of phenolic OH excluding ortho intramolecular Hbond substituents is 1. The first kappa shape index (κ1) is 17.2. The van der Waals surface area contributed by atoms with Gasteiger partial charge in [-0.05, 0) is 35.9 Å². The molecule has 0 heterocycles. The summed E-state index contributed by atoms with van der Waals surface area (Å²) in [4.78, 5) is 11.9. The van der Waals surface area contributed by atoms with E-state index in [1.807, 2.05) is 0 Å². The minimum atomic E-state index is -0.823. The number of hydrazone groups is 1. The number of carbonyl (C=O) groups is 1. The summed E-state index contributed by atoms with van der Waals surface area (Å²) in [5.41, 5.74) is 2.48. The maximum Gasteiger partial charge on any atom is 0.274 e. The van der Waals surface area contributed by atoms with Crippen LogP contribution in [0.5, 0.6) is 11.5 Å². The van der Waals surface area contributed by atoms with Gasteiger partial charge in [-0.2, -0.15) is 10.4 Å². The minimum absolute atomic E-state index is 0.0558. The Kier molecular flexibility index (Phi) is 5.35. The number of phenols is 1. The predicted molar refractivity (Wildman–Crippen MR) is 85.8 cm³/mol. The third-order valence-electron chi connectivity index (χ3n) is 2.99. The first-order valence-corrected chi connectivity index (χ1v) is 6.93. The number of rotatable bonds is 4. The first-order valence-electron chi connectivity index (χ1n) is 6.55. The quantitative estimate of drug-likeness (QED) is 0.656. The van der Waals surface area contributed by atoms with E-state index in [1.54, 1.807) is 6.07 Å².